The first-order valence-corrected chi connectivity index (χ1v) is 11.2. The highest BCUT2D eigenvalue weighted by Gasteiger charge is 2.52. The monoisotopic (exact) mass is 368 g/mol. The van der Waals surface area contributed by atoms with Crippen molar-refractivity contribution < 1.29 is 14.3 Å². The summed E-state index contributed by atoms with van der Waals surface area (Å²) >= 11 is 0. The third-order valence-corrected chi connectivity index (χ3v) is 10.4. The molecule has 0 amide bonds. The smallest absolute Gasteiger partial charge is 0.308 e. The average Bonchev–Trinajstić information content (AvgIpc) is 2.64. The van der Waals surface area contributed by atoms with E-state index in [0.717, 1.165) is 29.6 Å². The van der Waals surface area contributed by atoms with Crippen molar-refractivity contribution in [3.8, 4) is 0 Å². The van der Waals surface area contributed by atoms with E-state index in [-0.39, 0.29) is 16.9 Å². The van der Waals surface area contributed by atoms with Crippen LogP contribution in [0.15, 0.2) is 60.7 Å². The van der Waals surface area contributed by atoms with E-state index in [1.54, 1.807) is 0 Å². The third kappa shape index (κ3) is 3.36. The van der Waals surface area contributed by atoms with Crippen molar-refractivity contribution in [2.75, 3.05) is 7.11 Å². The van der Waals surface area contributed by atoms with Gasteiger partial charge in [-0.3, -0.25) is 4.79 Å². The van der Waals surface area contributed by atoms with E-state index in [9.17, 15) is 9.59 Å². The molecule has 1 aliphatic rings. The number of hydrogen-bond acceptors (Lipinski definition) is 3. The molecule has 0 radical (unpaired) electrons. The first kappa shape index (κ1) is 18.9. The van der Waals surface area contributed by atoms with E-state index >= 15 is 0 Å². The summed E-state index contributed by atoms with van der Waals surface area (Å²) in [5.74, 6) is 0.391. The Balaban J connectivity index is 1.88. The fourth-order valence-electron chi connectivity index (χ4n) is 4.44. The number of ether oxygens (including phenoxy) is 1. The number of esters is 1. The van der Waals surface area contributed by atoms with Crippen molar-refractivity contribution in [3.05, 3.63) is 60.7 Å². The lowest BCUT2D eigenvalue weighted by Crippen LogP contribution is -2.65. The SMILES string of the molecule is COC(=O)C1CC(CC(C)(C)[Si](O)(c2ccccc2)c2ccccc2)C1. The van der Waals surface area contributed by atoms with Crippen LogP contribution in [0.5, 0.6) is 0 Å². The number of hydrogen-bond donors (Lipinski definition) is 1. The van der Waals surface area contributed by atoms with E-state index < -0.39 is 8.32 Å². The molecule has 2 aromatic carbocycles. The van der Waals surface area contributed by atoms with Crippen LogP contribution in [0, 0.1) is 11.8 Å². The Morgan fingerprint density at radius 3 is 1.92 bits per heavy atom. The molecule has 1 aliphatic carbocycles. The zero-order valence-electron chi connectivity index (χ0n) is 15.8. The minimum Gasteiger partial charge on any atom is -0.469 e. The summed E-state index contributed by atoms with van der Waals surface area (Å²) < 4.78 is 4.86. The van der Waals surface area contributed by atoms with Gasteiger partial charge in [-0.1, -0.05) is 74.5 Å². The zero-order valence-corrected chi connectivity index (χ0v) is 16.8. The van der Waals surface area contributed by atoms with Gasteiger partial charge < -0.3 is 9.53 Å². The van der Waals surface area contributed by atoms with E-state index in [1.165, 1.54) is 7.11 Å². The van der Waals surface area contributed by atoms with E-state index in [2.05, 4.69) is 38.1 Å². The lowest BCUT2D eigenvalue weighted by atomic mass is 9.71. The van der Waals surface area contributed by atoms with Crippen molar-refractivity contribution in [1.82, 2.24) is 0 Å². The highest BCUT2D eigenvalue weighted by Crippen LogP contribution is 2.48. The molecule has 0 unspecified atom stereocenters. The van der Waals surface area contributed by atoms with Gasteiger partial charge >= 0.3 is 5.97 Å². The molecule has 0 heterocycles. The van der Waals surface area contributed by atoms with Crippen LogP contribution in [-0.2, 0) is 9.53 Å². The lowest BCUT2D eigenvalue weighted by molar-refractivity contribution is -0.150. The molecule has 0 aromatic heterocycles. The highest BCUT2D eigenvalue weighted by molar-refractivity contribution is 6.98. The molecule has 3 rings (SSSR count). The van der Waals surface area contributed by atoms with Crippen LogP contribution in [0.4, 0.5) is 0 Å². The van der Waals surface area contributed by atoms with Crippen molar-refractivity contribution in [3.63, 3.8) is 0 Å². The minimum atomic E-state index is -2.95. The van der Waals surface area contributed by atoms with Crippen molar-refractivity contribution in [2.24, 2.45) is 11.8 Å². The second-order valence-corrected chi connectivity index (χ2v) is 12.0. The number of benzene rings is 2. The molecule has 1 fully saturated rings. The Labute approximate surface area is 157 Å². The Kier molecular flexibility index (Phi) is 5.35. The van der Waals surface area contributed by atoms with E-state index in [0.29, 0.717) is 5.92 Å². The van der Waals surface area contributed by atoms with Crippen LogP contribution in [0.25, 0.3) is 0 Å². The fourth-order valence-corrected chi connectivity index (χ4v) is 8.27. The van der Waals surface area contributed by atoms with Crippen molar-refractivity contribution >= 4 is 24.7 Å². The molecule has 0 bridgehead atoms. The fraction of sp³-hybridized carbons (Fsp3) is 0.409. The van der Waals surface area contributed by atoms with Gasteiger partial charge in [-0.2, -0.15) is 0 Å². The highest BCUT2D eigenvalue weighted by atomic mass is 28.4. The average molecular weight is 369 g/mol. The normalized spacial score (nSPS) is 20.3. The molecule has 0 aliphatic heterocycles. The second-order valence-electron chi connectivity index (χ2n) is 8.09. The molecule has 0 saturated heterocycles. The van der Waals surface area contributed by atoms with Crippen LogP contribution in [0.3, 0.4) is 0 Å². The lowest BCUT2D eigenvalue weighted by Gasteiger charge is -2.46. The Morgan fingerprint density at radius 1 is 1.04 bits per heavy atom. The summed E-state index contributed by atoms with van der Waals surface area (Å²) in [7, 11) is -1.49. The van der Waals surface area contributed by atoms with Gasteiger partial charge in [0.15, 0.2) is 0 Å². The molecule has 26 heavy (non-hydrogen) atoms. The third-order valence-electron chi connectivity index (χ3n) is 5.93. The Morgan fingerprint density at radius 2 is 1.50 bits per heavy atom. The molecule has 1 N–H and O–H groups in total. The van der Waals surface area contributed by atoms with E-state index in [4.69, 9.17) is 4.74 Å². The topological polar surface area (TPSA) is 46.5 Å². The Hall–Kier alpha value is -1.91. The predicted molar refractivity (Wildman–Crippen MR) is 107 cm³/mol. The van der Waals surface area contributed by atoms with Gasteiger partial charge in [-0.25, -0.2) is 0 Å². The van der Waals surface area contributed by atoms with Crippen LogP contribution in [0.2, 0.25) is 5.04 Å². The molecule has 4 heteroatoms. The van der Waals surface area contributed by atoms with Gasteiger partial charge in [0.1, 0.15) is 0 Å². The van der Waals surface area contributed by atoms with Gasteiger partial charge in [-0.15, -0.1) is 0 Å². The molecule has 3 nitrogen and oxygen atoms in total. The number of methoxy groups -OCH3 is 1. The number of carbonyl (C=O) groups excluding carboxylic acids is 1. The van der Waals surface area contributed by atoms with Crippen LogP contribution in [0.1, 0.15) is 33.1 Å². The molecular formula is C22H28O3Si. The standard InChI is InChI=1S/C22H28O3Si/c1-22(2,16-17-14-18(15-17)21(23)25-3)26(24,19-10-6-4-7-11-19)20-12-8-5-9-13-20/h4-13,17-18,24H,14-16H2,1-3H3. The maximum atomic E-state index is 12.1. The predicted octanol–water partition coefficient (Wildman–Crippen LogP) is 3.11. The van der Waals surface area contributed by atoms with Crippen LogP contribution < -0.4 is 10.4 Å². The van der Waals surface area contributed by atoms with Crippen LogP contribution in [-0.4, -0.2) is 26.2 Å². The van der Waals surface area contributed by atoms with Gasteiger partial charge in [0.2, 0.25) is 0 Å². The van der Waals surface area contributed by atoms with Crippen molar-refractivity contribution in [1.29, 1.82) is 0 Å². The summed E-state index contributed by atoms with van der Waals surface area (Å²) in [4.78, 5) is 23.8. The van der Waals surface area contributed by atoms with Gasteiger partial charge in [0.05, 0.1) is 13.0 Å². The maximum absolute atomic E-state index is 12.1. The molecule has 1 saturated carbocycles. The summed E-state index contributed by atoms with van der Waals surface area (Å²) in [6, 6.07) is 20.2. The summed E-state index contributed by atoms with van der Waals surface area (Å²) in [6.07, 6.45) is 2.64. The van der Waals surface area contributed by atoms with E-state index in [1.807, 2.05) is 36.4 Å². The molecule has 0 atom stereocenters. The summed E-state index contributed by atoms with van der Waals surface area (Å²) in [6.45, 7) is 4.37. The number of rotatable bonds is 6. The maximum Gasteiger partial charge on any atom is 0.308 e. The van der Waals surface area contributed by atoms with Gasteiger partial charge in [0, 0.05) is 0 Å². The second kappa shape index (κ2) is 7.37. The van der Waals surface area contributed by atoms with Crippen molar-refractivity contribution in [2.45, 2.75) is 38.1 Å². The first-order chi connectivity index (χ1) is 12.4. The Bertz CT molecular complexity index is 697. The van der Waals surface area contributed by atoms with Gasteiger partial charge in [-0.05, 0) is 40.6 Å². The minimum absolute atomic E-state index is 0.0315. The zero-order chi connectivity index (χ0) is 18.8. The number of carbonyl (C=O) groups is 1. The molecule has 2 aromatic rings. The molecule has 0 spiro atoms. The quantitative estimate of drug-likeness (QED) is 0.629. The summed E-state index contributed by atoms with van der Waals surface area (Å²) in [5.41, 5.74) is 0. The van der Waals surface area contributed by atoms with Crippen LogP contribution >= 0.6 is 0 Å². The summed E-state index contributed by atoms with van der Waals surface area (Å²) in [5, 5.41) is 1.83. The van der Waals surface area contributed by atoms with Gasteiger partial charge in [0.25, 0.3) is 8.32 Å². The largest absolute Gasteiger partial charge is 0.469 e. The first-order valence-electron chi connectivity index (χ1n) is 9.29. The molecular weight excluding hydrogens is 340 g/mol. The molecule has 138 valence electrons.